The first-order chi connectivity index (χ1) is 8.92. The molecular formula is C13H17ClN2O2S. The van der Waals surface area contributed by atoms with Crippen molar-refractivity contribution in [3.8, 4) is 0 Å². The lowest BCUT2D eigenvalue weighted by atomic mass is 10.2. The monoisotopic (exact) mass is 300 g/mol. The third-order valence-corrected chi connectivity index (χ3v) is 4.18. The molecule has 0 unspecified atom stereocenters. The molecule has 0 saturated heterocycles. The van der Waals surface area contributed by atoms with Crippen LogP contribution in [0.25, 0.3) is 11.0 Å². The molecule has 0 amide bonds. The van der Waals surface area contributed by atoms with Gasteiger partial charge in [0.1, 0.15) is 15.7 Å². The molecule has 0 aliphatic heterocycles. The van der Waals surface area contributed by atoms with E-state index in [1.54, 1.807) is 0 Å². The number of hydrogen-bond donors (Lipinski definition) is 0. The number of imidazole rings is 1. The Morgan fingerprint density at radius 2 is 2.11 bits per heavy atom. The van der Waals surface area contributed by atoms with E-state index in [1.165, 1.54) is 6.26 Å². The first-order valence-electron chi connectivity index (χ1n) is 6.11. The van der Waals surface area contributed by atoms with Crippen molar-refractivity contribution in [2.75, 3.05) is 17.9 Å². The van der Waals surface area contributed by atoms with Gasteiger partial charge in [0.15, 0.2) is 0 Å². The zero-order valence-electron chi connectivity index (χ0n) is 11.1. The van der Waals surface area contributed by atoms with Crippen molar-refractivity contribution in [2.24, 2.45) is 0 Å². The zero-order chi connectivity index (χ0) is 14.0. The van der Waals surface area contributed by atoms with Gasteiger partial charge in [-0.2, -0.15) is 0 Å². The van der Waals surface area contributed by atoms with Crippen molar-refractivity contribution in [3.63, 3.8) is 0 Å². The number of fused-ring (bicyclic) bond motifs is 1. The molecule has 19 heavy (non-hydrogen) atoms. The van der Waals surface area contributed by atoms with Gasteiger partial charge in [0.2, 0.25) is 0 Å². The third kappa shape index (κ3) is 3.28. The molecular weight excluding hydrogens is 284 g/mol. The molecule has 0 bridgehead atoms. The van der Waals surface area contributed by atoms with Crippen molar-refractivity contribution in [1.29, 1.82) is 0 Å². The van der Waals surface area contributed by atoms with Crippen molar-refractivity contribution in [3.05, 3.63) is 29.6 Å². The number of hydrogen-bond acceptors (Lipinski definition) is 3. The zero-order valence-corrected chi connectivity index (χ0v) is 12.6. The van der Waals surface area contributed by atoms with E-state index in [-0.39, 0.29) is 5.75 Å². The molecule has 0 atom stereocenters. The number of rotatable bonds is 5. The molecule has 0 fully saturated rings. The number of aryl methyl sites for hydroxylation is 3. The fourth-order valence-electron chi connectivity index (χ4n) is 2.12. The van der Waals surface area contributed by atoms with E-state index >= 15 is 0 Å². The summed E-state index contributed by atoms with van der Waals surface area (Å²) in [6, 6.07) is 5.93. The van der Waals surface area contributed by atoms with Gasteiger partial charge in [-0.3, -0.25) is 0 Å². The summed E-state index contributed by atoms with van der Waals surface area (Å²) in [5.41, 5.74) is 2.99. The Morgan fingerprint density at radius 1 is 1.37 bits per heavy atom. The van der Waals surface area contributed by atoms with Gasteiger partial charge >= 0.3 is 0 Å². The van der Waals surface area contributed by atoms with Crippen LogP contribution in [-0.4, -0.2) is 35.9 Å². The highest BCUT2D eigenvalue weighted by Gasteiger charge is 2.13. The number of alkyl halides is 1. The molecule has 0 N–H and O–H groups in total. The number of sulfone groups is 1. The standard InChI is InChI=1S/C13H17ClN2O2S/c1-10-4-3-5-11-13(10)15-12(6-7-14)16(11)8-9-19(2,17)18/h3-5H,6-9H2,1-2H3. The Morgan fingerprint density at radius 3 is 2.74 bits per heavy atom. The van der Waals surface area contributed by atoms with Crippen LogP contribution in [-0.2, 0) is 22.8 Å². The van der Waals surface area contributed by atoms with Crippen LogP contribution in [0.15, 0.2) is 18.2 Å². The van der Waals surface area contributed by atoms with Crippen LogP contribution < -0.4 is 0 Å². The summed E-state index contributed by atoms with van der Waals surface area (Å²) < 4.78 is 24.6. The summed E-state index contributed by atoms with van der Waals surface area (Å²) in [6.07, 6.45) is 1.89. The van der Waals surface area contributed by atoms with Crippen LogP contribution in [0.4, 0.5) is 0 Å². The Balaban J connectivity index is 2.49. The average molecular weight is 301 g/mol. The molecule has 0 aliphatic carbocycles. The van der Waals surface area contributed by atoms with Gasteiger partial charge in [0, 0.05) is 25.1 Å². The van der Waals surface area contributed by atoms with Crippen molar-refractivity contribution in [2.45, 2.75) is 19.9 Å². The molecule has 0 radical (unpaired) electrons. The van der Waals surface area contributed by atoms with E-state index in [1.807, 2.05) is 29.7 Å². The van der Waals surface area contributed by atoms with E-state index in [2.05, 4.69) is 4.98 Å². The molecule has 6 heteroatoms. The van der Waals surface area contributed by atoms with Crippen LogP contribution in [0.5, 0.6) is 0 Å². The number of aromatic nitrogens is 2. The molecule has 2 aromatic rings. The molecule has 4 nitrogen and oxygen atoms in total. The Kier molecular flexibility index (Phi) is 4.16. The maximum atomic E-state index is 11.3. The molecule has 0 saturated carbocycles. The molecule has 0 spiro atoms. The van der Waals surface area contributed by atoms with Crippen LogP contribution in [0.2, 0.25) is 0 Å². The highest BCUT2D eigenvalue weighted by Crippen LogP contribution is 2.20. The molecule has 1 aromatic heterocycles. The largest absolute Gasteiger partial charge is 0.327 e. The molecule has 2 rings (SSSR count). The molecule has 0 aliphatic rings. The van der Waals surface area contributed by atoms with Crippen LogP contribution in [0.1, 0.15) is 11.4 Å². The van der Waals surface area contributed by atoms with Gasteiger partial charge < -0.3 is 4.57 Å². The van der Waals surface area contributed by atoms with E-state index in [0.717, 1.165) is 22.4 Å². The maximum Gasteiger partial charge on any atom is 0.149 e. The van der Waals surface area contributed by atoms with Gasteiger partial charge in [-0.05, 0) is 18.6 Å². The lowest BCUT2D eigenvalue weighted by molar-refractivity contribution is 0.594. The lowest BCUT2D eigenvalue weighted by Crippen LogP contribution is -2.13. The Hall–Kier alpha value is -1.07. The van der Waals surface area contributed by atoms with E-state index in [4.69, 9.17) is 11.6 Å². The van der Waals surface area contributed by atoms with Crippen molar-refractivity contribution in [1.82, 2.24) is 9.55 Å². The van der Waals surface area contributed by atoms with Gasteiger partial charge in [-0.15, -0.1) is 11.6 Å². The topological polar surface area (TPSA) is 52.0 Å². The second-order valence-corrected chi connectivity index (χ2v) is 7.33. The summed E-state index contributed by atoms with van der Waals surface area (Å²) in [7, 11) is -2.99. The fraction of sp³-hybridized carbons (Fsp3) is 0.462. The number of nitrogens with zero attached hydrogens (tertiary/aromatic N) is 2. The average Bonchev–Trinajstić information content (AvgIpc) is 2.66. The highest BCUT2D eigenvalue weighted by atomic mass is 35.5. The Bertz CT molecular complexity index is 692. The summed E-state index contributed by atoms with van der Waals surface area (Å²) in [6.45, 7) is 2.42. The van der Waals surface area contributed by atoms with Gasteiger partial charge in [0.05, 0.1) is 16.8 Å². The first kappa shape index (κ1) is 14.3. The van der Waals surface area contributed by atoms with Gasteiger partial charge in [-0.25, -0.2) is 13.4 Å². The summed E-state index contributed by atoms with van der Waals surface area (Å²) in [5.74, 6) is 1.44. The van der Waals surface area contributed by atoms with Crippen LogP contribution >= 0.6 is 11.6 Å². The summed E-state index contributed by atoms with van der Waals surface area (Å²) >= 11 is 5.79. The molecule has 104 valence electrons. The van der Waals surface area contributed by atoms with E-state index < -0.39 is 9.84 Å². The van der Waals surface area contributed by atoms with E-state index in [9.17, 15) is 8.42 Å². The van der Waals surface area contributed by atoms with Crippen LogP contribution in [0.3, 0.4) is 0 Å². The third-order valence-electron chi connectivity index (χ3n) is 3.06. The fourth-order valence-corrected chi connectivity index (χ4v) is 2.80. The van der Waals surface area contributed by atoms with E-state index in [0.29, 0.717) is 18.8 Å². The predicted octanol–water partition coefficient (Wildman–Crippen LogP) is 2.17. The molecule has 1 aromatic carbocycles. The second kappa shape index (κ2) is 5.51. The highest BCUT2D eigenvalue weighted by molar-refractivity contribution is 7.90. The number of para-hydroxylation sites is 1. The van der Waals surface area contributed by atoms with Gasteiger partial charge in [0.25, 0.3) is 0 Å². The number of halogens is 1. The first-order valence-corrected chi connectivity index (χ1v) is 8.70. The smallest absolute Gasteiger partial charge is 0.149 e. The quantitative estimate of drug-likeness (QED) is 0.795. The number of benzene rings is 1. The maximum absolute atomic E-state index is 11.3. The normalized spacial score (nSPS) is 12.2. The van der Waals surface area contributed by atoms with Crippen molar-refractivity contribution < 1.29 is 8.42 Å². The second-order valence-electron chi connectivity index (χ2n) is 4.69. The minimum Gasteiger partial charge on any atom is -0.327 e. The minimum atomic E-state index is -2.99. The van der Waals surface area contributed by atoms with Crippen molar-refractivity contribution >= 4 is 32.5 Å². The van der Waals surface area contributed by atoms with Gasteiger partial charge in [-0.1, -0.05) is 12.1 Å². The summed E-state index contributed by atoms with van der Waals surface area (Å²) in [5, 5.41) is 0. The SMILES string of the molecule is Cc1cccc2c1nc(CCCl)n2CCS(C)(=O)=O. The Labute approximate surface area is 118 Å². The lowest BCUT2D eigenvalue weighted by Gasteiger charge is -2.07. The summed E-state index contributed by atoms with van der Waals surface area (Å²) in [4.78, 5) is 4.59. The molecule has 1 heterocycles. The predicted molar refractivity (Wildman–Crippen MR) is 78.6 cm³/mol. The minimum absolute atomic E-state index is 0.113. The van der Waals surface area contributed by atoms with Crippen LogP contribution in [0, 0.1) is 6.92 Å².